The molecule has 2 atom stereocenters. The molecule has 0 spiro atoms. The van der Waals surface area contributed by atoms with Crippen LogP contribution < -0.4 is 5.32 Å². The molecular formula is C17H24N2O6S. The van der Waals surface area contributed by atoms with Crippen LogP contribution in [0.3, 0.4) is 0 Å². The summed E-state index contributed by atoms with van der Waals surface area (Å²) in [6.45, 7) is 5.72. The molecule has 2 rings (SSSR count). The van der Waals surface area contributed by atoms with Crippen molar-refractivity contribution in [1.82, 2.24) is 9.62 Å². The van der Waals surface area contributed by atoms with E-state index in [9.17, 15) is 18.0 Å². The minimum atomic E-state index is -4.07. The average Bonchev–Trinajstić information content (AvgIpc) is 3.25. The van der Waals surface area contributed by atoms with Gasteiger partial charge in [-0.25, -0.2) is 13.2 Å². The smallest absolute Gasteiger partial charge is 0.371 e. The molecule has 1 fully saturated rings. The van der Waals surface area contributed by atoms with Crippen LogP contribution in [0, 0.1) is 0 Å². The zero-order chi connectivity index (χ0) is 19.3. The minimum Gasteiger partial charge on any atom is -0.475 e. The number of sulfonamides is 1. The van der Waals surface area contributed by atoms with E-state index in [2.05, 4.69) is 11.9 Å². The van der Waals surface area contributed by atoms with Gasteiger partial charge in [0, 0.05) is 12.6 Å². The highest BCUT2D eigenvalue weighted by Crippen LogP contribution is 2.27. The molecule has 1 aliphatic heterocycles. The monoisotopic (exact) mass is 384 g/mol. The number of aromatic carboxylic acids is 1. The van der Waals surface area contributed by atoms with Gasteiger partial charge in [-0.3, -0.25) is 4.79 Å². The minimum absolute atomic E-state index is 0.0742. The molecule has 0 bridgehead atoms. The number of hydrogen-bond acceptors (Lipinski definition) is 5. The lowest BCUT2D eigenvalue weighted by Gasteiger charge is -2.24. The molecule has 1 aromatic rings. The van der Waals surface area contributed by atoms with Gasteiger partial charge in [0.25, 0.3) is 10.0 Å². The van der Waals surface area contributed by atoms with Crippen molar-refractivity contribution in [3.8, 4) is 0 Å². The van der Waals surface area contributed by atoms with Crippen molar-refractivity contribution >= 4 is 21.9 Å². The maximum absolute atomic E-state index is 12.7. The first-order valence-corrected chi connectivity index (χ1v) is 9.97. The van der Waals surface area contributed by atoms with E-state index in [0.717, 1.165) is 35.7 Å². The third kappa shape index (κ3) is 4.53. The number of carboxylic acid groups (broad SMARTS) is 1. The van der Waals surface area contributed by atoms with Crippen LogP contribution in [0.4, 0.5) is 0 Å². The third-order valence-corrected chi connectivity index (χ3v) is 6.08. The lowest BCUT2D eigenvalue weighted by atomic mass is 10.1. The molecule has 2 N–H and O–H groups in total. The van der Waals surface area contributed by atoms with Crippen LogP contribution in [0.2, 0.25) is 0 Å². The fourth-order valence-corrected chi connectivity index (χ4v) is 4.53. The zero-order valence-corrected chi connectivity index (χ0v) is 15.5. The number of amides is 1. The molecule has 0 radical (unpaired) electrons. The van der Waals surface area contributed by atoms with Gasteiger partial charge < -0.3 is 14.8 Å². The molecule has 2 unspecified atom stereocenters. The van der Waals surface area contributed by atoms with Crippen LogP contribution in [0.1, 0.15) is 49.6 Å². The maximum atomic E-state index is 12.7. The molecule has 144 valence electrons. The Morgan fingerprint density at radius 3 is 2.85 bits per heavy atom. The van der Waals surface area contributed by atoms with Gasteiger partial charge in [0.2, 0.25) is 16.8 Å². The van der Waals surface area contributed by atoms with Gasteiger partial charge in [0.1, 0.15) is 6.04 Å². The van der Waals surface area contributed by atoms with E-state index in [1.54, 1.807) is 0 Å². The molecule has 1 amide bonds. The van der Waals surface area contributed by atoms with Gasteiger partial charge in [0.05, 0.1) is 0 Å². The van der Waals surface area contributed by atoms with E-state index in [1.165, 1.54) is 0 Å². The fraction of sp³-hybridized carbons (Fsp3) is 0.529. The number of unbranched alkanes of at least 4 members (excludes halogenated alkanes) is 1. The van der Waals surface area contributed by atoms with Crippen LogP contribution in [0.15, 0.2) is 34.3 Å². The summed E-state index contributed by atoms with van der Waals surface area (Å²) in [5, 5.41) is 11.3. The largest absolute Gasteiger partial charge is 0.475 e. The van der Waals surface area contributed by atoms with E-state index in [0.29, 0.717) is 12.8 Å². The second-order valence-electron chi connectivity index (χ2n) is 6.33. The predicted octanol–water partition coefficient (Wildman–Crippen LogP) is 1.99. The first kappa shape index (κ1) is 20.2. The highest BCUT2D eigenvalue weighted by molar-refractivity contribution is 7.89. The molecule has 1 saturated heterocycles. The number of carbonyl (C=O) groups is 2. The van der Waals surface area contributed by atoms with E-state index in [1.807, 2.05) is 13.0 Å². The average molecular weight is 384 g/mol. The molecule has 1 aromatic heterocycles. The van der Waals surface area contributed by atoms with Crippen LogP contribution >= 0.6 is 0 Å². The first-order chi connectivity index (χ1) is 12.3. The SMILES string of the molecule is C=CCCCC(C)NC(=O)C1CCCN1S(=O)(=O)c1ccc(C(=O)O)o1. The summed E-state index contributed by atoms with van der Waals surface area (Å²) >= 11 is 0. The Bertz CT molecular complexity index is 770. The summed E-state index contributed by atoms with van der Waals surface area (Å²) < 4.78 is 31.5. The van der Waals surface area contributed by atoms with Gasteiger partial charge in [-0.2, -0.15) is 4.31 Å². The Labute approximate surface area is 152 Å². The Morgan fingerprint density at radius 2 is 2.23 bits per heavy atom. The lowest BCUT2D eigenvalue weighted by molar-refractivity contribution is -0.124. The summed E-state index contributed by atoms with van der Waals surface area (Å²) in [6.07, 6.45) is 5.30. The summed E-state index contributed by atoms with van der Waals surface area (Å²) in [7, 11) is -4.07. The van der Waals surface area contributed by atoms with E-state index in [-0.39, 0.29) is 18.5 Å². The Morgan fingerprint density at radius 1 is 1.50 bits per heavy atom. The zero-order valence-electron chi connectivity index (χ0n) is 14.7. The molecule has 26 heavy (non-hydrogen) atoms. The highest BCUT2D eigenvalue weighted by Gasteiger charge is 2.41. The Balaban J connectivity index is 2.09. The van der Waals surface area contributed by atoms with Gasteiger partial charge in [0.15, 0.2) is 0 Å². The number of hydrogen-bond donors (Lipinski definition) is 2. The number of carbonyl (C=O) groups excluding carboxylic acids is 1. The van der Waals surface area contributed by atoms with E-state index < -0.39 is 32.9 Å². The second-order valence-corrected chi connectivity index (χ2v) is 8.15. The van der Waals surface area contributed by atoms with Crippen molar-refractivity contribution in [1.29, 1.82) is 0 Å². The summed E-state index contributed by atoms with van der Waals surface area (Å²) in [5.41, 5.74) is 0. The number of carboxylic acids is 1. The van der Waals surface area contributed by atoms with E-state index >= 15 is 0 Å². The standard InChI is InChI=1S/C17H24N2O6S/c1-3-4-5-7-12(2)18-16(20)13-8-6-11-19(13)26(23,24)15-10-9-14(25-15)17(21)22/h3,9-10,12-13H,1,4-8,11H2,2H3,(H,18,20)(H,21,22). The third-order valence-electron chi connectivity index (χ3n) is 4.30. The van der Waals surface area contributed by atoms with Crippen molar-refractivity contribution in [2.24, 2.45) is 0 Å². The first-order valence-electron chi connectivity index (χ1n) is 8.53. The normalized spacial score (nSPS) is 19.2. The van der Waals surface area contributed by atoms with Crippen LogP contribution in [0.25, 0.3) is 0 Å². The van der Waals surface area contributed by atoms with Crippen LogP contribution in [0.5, 0.6) is 0 Å². The molecule has 0 saturated carbocycles. The summed E-state index contributed by atoms with van der Waals surface area (Å²) in [4.78, 5) is 23.4. The lowest BCUT2D eigenvalue weighted by Crippen LogP contribution is -2.48. The number of furan rings is 1. The molecule has 0 aliphatic carbocycles. The van der Waals surface area contributed by atoms with Crippen molar-refractivity contribution in [2.45, 2.75) is 56.2 Å². The fourth-order valence-electron chi connectivity index (χ4n) is 2.96. The molecule has 0 aromatic carbocycles. The van der Waals surface area contributed by atoms with Crippen molar-refractivity contribution < 1.29 is 27.5 Å². The van der Waals surface area contributed by atoms with Gasteiger partial charge >= 0.3 is 5.97 Å². The maximum Gasteiger partial charge on any atom is 0.371 e. The molecule has 8 nitrogen and oxygen atoms in total. The van der Waals surface area contributed by atoms with Gasteiger partial charge in [-0.1, -0.05) is 6.08 Å². The summed E-state index contributed by atoms with van der Waals surface area (Å²) in [5.74, 6) is -2.16. The number of nitrogens with zero attached hydrogens (tertiary/aromatic N) is 1. The Kier molecular flexibility index (Phi) is 6.60. The van der Waals surface area contributed by atoms with Crippen molar-refractivity contribution in [3.05, 3.63) is 30.5 Å². The number of allylic oxidation sites excluding steroid dienone is 1. The van der Waals surface area contributed by atoms with Crippen LogP contribution in [-0.2, 0) is 14.8 Å². The molecule has 2 heterocycles. The molecule has 9 heteroatoms. The number of rotatable bonds is 9. The quantitative estimate of drug-likeness (QED) is 0.497. The summed E-state index contributed by atoms with van der Waals surface area (Å²) in [6, 6.07) is 1.29. The molecule has 1 aliphatic rings. The topological polar surface area (TPSA) is 117 Å². The highest BCUT2D eigenvalue weighted by atomic mass is 32.2. The Hall–Kier alpha value is -2.13. The van der Waals surface area contributed by atoms with Gasteiger partial charge in [-0.15, -0.1) is 6.58 Å². The van der Waals surface area contributed by atoms with Crippen molar-refractivity contribution in [3.63, 3.8) is 0 Å². The van der Waals surface area contributed by atoms with Crippen LogP contribution in [-0.4, -0.2) is 48.3 Å². The van der Waals surface area contributed by atoms with Crippen molar-refractivity contribution in [2.75, 3.05) is 6.54 Å². The van der Waals surface area contributed by atoms with E-state index in [4.69, 9.17) is 9.52 Å². The molecular weight excluding hydrogens is 360 g/mol. The number of nitrogens with one attached hydrogen (secondary N) is 1. The predicted molar refractivity (Wildman–Crippen MR) is 94.2 cm³/mol. The van der Waals surface area contributed by atoms with Gasteiger partial charge in [-0.05, 0) is 51.2 Å². The second kappa shape index (κ2) is 8.50.